The van der Waals surface area contributed by atoms with Crippen molar-refractivity contribution < 1.29 is 27.2 Å². The maximum Gasteiger partial charge on any atom is 0.451 e. The first kappa shape index (κ1) is 15.5. The molecule has 3 heterocycles. The number of carbonyl (C=O) groups excluding carboxylic acids is 1. The number of halogens is 3. The Morgan fingerprint density at radius 2 is 2.17 bits per heavy atom. The molecule has 11 heteroatoms. The molecule has 0 saturated carbocycles. The van der Waals surface area contributed by atoms with Crippen molar-refractivity contribution in [3.63, 3.8) is 0 Å². The first-order chi connectivity index (χ1) is 10.9. The summed E-state index contributed by atoms with van der Waals surface area (Å²) >= 11 is 0. The van der Waals surface area contributed by atoms with E-state index in [-0.39, 0.29) is 37.8 Å². The van der Waals surface area contributed by atoms with E-state index in [1.807, 2.05) is 0 Å². The van der Waals surface area contributed by atoms with Crippen molar-refractivity contribution in [1.82, 2.24) is 24.8 Å². The van der Waals surface area contributed by atoms with Crippen molar-refractivity contribution in [2.24, 2.45) is 0 Å². The maximum atomic E-state index is 12.8. The van der Waals surface area contributed by atoms with Gasteiger partial charge < -0.3 is 18.7 Å². The van der Waals surface area contributed by atoms with E-state index >= 15 is 0 Å². The molecule has 3 rings (SSSR count). The fourth-order valence-corrected chi connectivity index (χ4v) is 2.33. The van der Waals surface area contributed by atoms with Gasteiger partial charge in [-0.2, -0.15) is 13.2 Å². The van der Waals surface area contributed by atoms with Crippen molar-refractivity contribution in [2.45, 2.75) is 25.9 Å². The van der Waals surface area contributed by atoms with Gasteiger partial charge in [-0.15, -0.1) is 10.2 Å². The van der Waals surface area contributed by atoms with E-state index in [4.69, 9.17) is 9.26 Å². The van der Waals surface area contributed by atoms with Crippen LogP contribution in [0.4, 0.5) is 13.2 Å². The fourth-order valence-electron chi connectivity index (χ4n) is 2.33. The Balaban J connectivity index is 1.76. The van der Waals surface area contributed by atoms with Crippen LogP contribution in [-0.4, -0.2) is 44.4 Å². The molecule has 0 spiro atoms. The minimum Gasteiger partial charge on any atom is -0.377 e. The van der Waals surface area contributed by atoms with Gasteiger partial charge in [-0.05, 0) is 0 Å². The molecular weight excluding hydrogens is 319 g/mol. The summed E-state index contributed by atoms with van der Waals surface area (Å²) in [7, 11) is 1.47. The van der Waals surface area contributed by atoms with Gasteiger partial charge >= 0.3 is 6.18 Å². The van der Waals surface area contributed by atoms with Crippen molar-refractivity contribution in [1.29, 1.82) is 0 Å². The number of hydrogen-bond acceptors (Lipinski definition) is 6. The summed E-state index contributed by atoms with van der Waals surface area (Å²) < 4.78 is 49.1. The number of methoxy groups -OCH3 is 1. The lowest BCUT2D eigenvalue weighted by molar-refractivity contribution is -0.147. The van der Waals surface area contributed by atoms with Crippen molar-refractivity contribution in [2.75, 3.05) is 13.7 Å². The minimum atomic E-state index is -4.57. The van der Waals surface area contributed by atoms with E-state index in [9.17, 15) is 18.0 Å². The van der Waals surface area contributed by atoms with Gasteiger partial charge in [-0.25, -0.2) is 0 Å². The normalized spacial score (nSPS) is 14.9. The number of fused-ring (bicyclic) bond motifs is 1. The SMILES string of the molecule is COCc1cc(C(=O)N2CCn3c(nnc3C(F)(F)F)C2)no1. The van der Waals surface area contributed by atoms with Crippen LogP contribution in [0.3, 0.4) is 0 Å². The van der Waals surface area contributed by atoms with E-state index in [1.54, 1.807) is 0 Å². The molecule has 0 fully saturated rings. The molecule has 0 aliphatic carbocycles. The average molecular weight is 331 g/mol. The lowest BCUT2D eigenvalue weighted by Gasteiger charge is -2.27. The topological polar surface area (TPSA) is 86.3 Å². The van der Waals surface area contributed by atoms with Crippen LogP contribution in [0.15, 0.2) is 10.6 Å². The second-order valence-electron chi connectivity index (χ2n) is 4.93. The predicted molar refractivity (Wildman–Crippen MR) is 67.0 cm³/mol. The van der Waals surface area contributed by atoms with E-state index < -0.39 is 17.9 Å². The van der Waals surface area contributed by atoms with Gasteiger partial charge in [0.1, 0.15) is 6.61 Å². The molecule has 0 aromatic carbocycles. The van der Waals surface area contributed by atoms with Crippen LogP contribution in [0.5, 0.6) is 0 Å². The Morgan fingerprint density at radius 3 is 2.87 bits per heavy atom. The molecule has 0 saturated heterocycles. The Morgan fingerprint density at radius 1 is 1.39 bits per heavy atom. The van der Waals surface area contributed by atoms with Crippen LogP contribution in [-0.2, 0) is 30.6 Å². The Hall–Kier alpha value is -2.43. The van der Waals surface area contributed by atoms with Gasteiger partial charge in [0.25, 0.3) is 5.91 Å². The summed E-state index contributed by atoms with van der Waals surface area (Å²) in [5, 5.41) is 10.3. The van der Waals surface area contributed by atoms with E-state index in [2.05, 4.69) is 15.4 Å². The zero-order valence-electron chi connectivity index (χ0n) is 12.0. The molecule has 0 unspecified atom stereocenters. The summed E-state index contributed by atoms with van der Waals surface area (Å²) in [6.45, 7) is 0.156. The highest BCUT2D eigenvalue weighted by atomic mass is 19.4. The zero-order chi connectivity index (χ0) is 16.6. The van der Waals surface area contributed by atoms with Gasteiger partial charge in [0.15, 0.2) is 17.3 Å². The number of carbonyl (C=O) groups is 1. The largest absolute Gasteiger partial charge is 0.451 e. The van der Waals surface area contributed by atoms with Gasteiger partial charge in [0.2, 0.25) is 5.82 Å². The number of hydrogen-bond donors (Lipinski definition) is 0. The highest BCUT2D eigenvalue weighted by molar-refractivity contribution is 5.92. The predicted octanol–water partition coefficient (Wildman–Crippen LogP) is 1.09. The van der Waals surface area contributed by atoms with Gasteiger partial charge in [-0.3, -0.25) is 4.79 Å². The Bertz CT molecular complexity index is 724. The maximum absolute atomic E-state index is 12.8. The Labute approximate surface area is 127 Å². The van der Waals surface area contributed by atoms with Crippen LogP contribution in [0.25, 0.3) is 0 Å². The molecule has 0 bridgehead atoms. The second-order valence-corrected chi connectivity index (χ2v) is 4.93. The molecule has 0 N–H and O–H groups in total. The summed E-state index contributed by atoms with van der Waals surface area (Å²) in [5.74, 6) is -1.03. The molecule has 0 atom stereocenters. The highest BCUT2D eigenvalue weighted by Crippen LogP contribution is 2.29. The van der Waals surface area contributed by atoms with E-state index in [0.717, 1.165) is 4.57 Å². The third kappa shape index (κ3) is 2.91. The zero-order valence-corrected chi connectivity index (χ0v) is 12.0. The molecule has 1 amide bonds. The third-order valence-electron chi connectivity index (χ3n) is 3.36. The number of amides is 1. The van der Waals surface area contributed by atoms with Crippen LogP contribution < -0.4 is 0 Å². The number of alkyl halides is 3. The molecule has 1 aliphatic rings. The van der Waals surface area contributed by atoms with Crippen LogP contribution in [0.1, 0.15) is 27.9 Å². The summed E-state index contributed by atoms with van der Waals surface area (Å²) in [5.41, 5.74) is 0.0704. The second kappa shape index (κ2) is 5.65. The first-order valence-electron chi connectivity index (χ1n) is 6.63. The van der Waals surface area contributed by atoms with Crippen LogP contribution in [0, 0.1) is 0 Å². The Kier molecular flexibility index (Phi) is 3.80. The quantitative estimate of drug-likeness (QED) is 0.837. The molecular formula is C12H12F3N5O3. The van der Waals surface area contributed by atoms with Gasteiger partial charge in [0, 0.05) is 26.3 Å². The van der Waals surface area contributed by atoms with Crippen LogP contribution in [0.2, 0.25) is 0 Å². The summed E-state index contributed by atoms with van der Waals surface area (Å²) in [4.78, 5) is 13.7. The fraction of sp³-hybridized carbons (Fsp3) is 0.500. The lowest BCUT2D eigenvalue weighted by atomic mass is 10.3. The summed E-state index contributed by atoms with van der Waals surface area (Å²) in [6, 6.07) is 1.44. The van der Waals surface area contributed by atoms with Gasteiger partial charge in [-0.1, -0.05) is 5.16 Å². The number of ether oxygens (including phenoxy) is 1. The number of aromatic nitrogens is 4. The molecule has 2 aromatic rings. The summed E-state index contributed by atoms with van der Waals surface area (Å²) in [6.07, 6.45) is -4.57. The molecule has 8 nitrogen and oxygen atoms in total. The molecule has 124 valence electrons. The molecule has 1 aliphatic heterocycles. The average Bonchev–Trinajstić information content (AvgIpc) is 3.12. The van der Waals surface area contributed by atoms with Gasteiger partial charge in [0.05, 0.1) is 6.54 Å². The number of nitrogens with zero attached hydrogens (tertiary/aromatic N) is 5. The lowest BCUT2D eigenvalue weighted by Crippen LogP contribution is -2.39. The minimum absolute atomic E-state index is 0.0360. The highest BCUT2D eigenvalue weighted by Gasteiger charge is 2.40. The van der Waals surface area contributed by atoms with E-state index in [0.29, 0.717) is 5.76 Å². The van der Waals surface area contributed by atoms with E-state index in [1.165, 1.54) is 18.1 Å². The third-order valence-corrected chi connectivity index (χ3v) is 3.36. The monoisotopic (exact) mass is 331 g/mol. The van der Waals surface area contributed by atoms with Crippen molar-refractivity contribution in [3.05, 3.63) is 29.2 Å². The molecule has 23 heavy (non-hydrogen) atoms. The van der Waals surface area contributed by atoms with Crippen molar-refractivity contribution in [3.8, 4) is 0 Å². The van der Waals surface area contributed by atoms with Crippen molar-refractivity contribution >= 4 is 5.91 Å². The first-order valence-corrected chi connectivity index (χ1v) is 6.63. The standard InChI is InChI=1S/C12H12F3N5O3/c1-22-6-7-4-8(18-23-7)10(21)19-2-3-20-9(5-19)16-17-11(20)12(13,14)15/h4H,2-3,5-6H2,1H3. The molecule has 2 aromatic heterocycles. The molecule has 0 radical (unpaired) electrons. The number of rotatable bonds is 3. The van der Waals surface area contributed by atoms with Crippen LogP contribution >= 0.6 is 0 Å². The smallest absolute Gasteiger partial charge is 0.377 e.